The third-order valence-electron chi connectivity index (χ3n) is 4.23. The molecule has 1 aliphatic rings. The quantitative estimate of drug-likeness (QED) is 0.770. The molecule has 0 aliphatic carbocycles. The van der Waals surface area contributed by atoms with Crippen molar-refractivity contribution < 1.29 is 27.1 Å². The van der Waals surface area contributed by atoms with Crippen LogP contribution in [0.2, 0.25) is 0 Å². The van der Waals surface area contributed by atoms with E-state index in [-0.39, 0.29) is 11.9 Å². The molecular formula is C16H20N4O6S. The summed E-state index contributed by atoms with van der Waals surface area (Å²) in [5.41, 5.74) is 0.532. The Morgan fingerprint density at radius 1 is 1.30 bits per heavy atom. The van der Waals surface area contributed by atoms with Gasteiger partial charge in [-0.15, -0.1) is 5.10 Å². The number of hydrogen-bond acceptors (Lipinski definition) is 8. The summed E-state index contributed by atoms with van der Waals surface area (Å²) in [4.78, 5) is 12.4. The second-order valence-corrected chi connectivity index (χ2v) is 7.93. The first-order chi connectivity index (χ1) is 12.8. The summed E-state index contributed by atoms with van der Waals surface area (Å²) in [5, 5.41) is 10.2. The van der Waals surface area contributed by atoms with Crippen molar-refractivity contribution in [1.29, 1.82) is 0 Å². The molecule has 2 aromatic rings. The lowest BCUT2D eigenvalue weighted by Gasteiger charge is -2.20. The van der Waals surface area contributed by atoms with Crippen LogP contribution >= 0.6 is 0 Å². The Bertz CT molecular complexity index is 942. The molecule has 2 heterocycles. The zero-order valence-corrected chi connectivity index (χ0v) is 15.9. The molecule has 0 unspecified atom stereocenters. The number of nitrogens with one attached hydrogen (secondary N) is 1. The van der Waals surface area contributed by atoms with E-state index in [4.69, 9.17) is 13.9 Å². The highest BCUT2D eigenvalue weighted by molar-refractivity contribution is 7.88. The van der Waals surface area contributed by atoms with Gasteiger partial charge >= 0.3 is 6.01 Å². The molecular weight excluding hydrogens is 376 g/mol. The van der Waals surface area contributed by atoms with E-state index in [9.17, 15) is 13.2 Å². The fraction of sp³-hybridized carbons (Fsp3) is 0.438. The van der Waals surface area contributed by atoms with E-state index in [1.807, 2.05) is 0 Å². The maximum atomic E-state index is 12.4. The first-order valence-corrected chi connectivity index (χ1v) is 10.0. The third kappa shape index (κ3) is 4.03. The Hall–Kier alpha value is -2.66. The minimum Gasteiger partial charge on any atom is -0.497 e. The van der Waals surface area contributed by atoms with Crippen LogP contribution in [0.1, 0.15) is 12.8 Å². The number of aromatic nitrogens is 2. The highest BCUT2D eigenvalue weighted by Gasteiger charge is 2.37. The molecule has 1 aromatic carbocycles. The fourth-order valence-electron chi connectivity index (χ4n) is 2.95. The lowest BCUT2D eigenvalue weighted by Crippen LogP contribution is -2.42. The van der Waals surface area contributed by atoms with E-state index in [0.29, 0.717) is 36.4 Å². The van der Waals surface area contributed by atoms with Crippen LogP contribution in [-0.4, -0.2) is 61.9 Å². The van der Waals surface area contributed by atoms with Gasteiger partial charge in [-0.2, -0.15) is 4.31 Å². The lowest BCUT2D eigenvalue weighted by molar-refractivity contribution is -0.119. The molecule has 146 valence electrons. The summed E-state index contributed by atoms with van der Waals surface area (Å²) < 4.78 is 40.7. The molecule has 1 aromatic heterocycles. The number of hydrogen-bond donors (Lipinski definition) is 1. The normalized spacial score (nSPS) is 17.7. The molecule has 1 N–H and O–H groups in total. The molecule has 11 heteroatoms. The van der Waals surface area contributed by atoms with Crippen LogP contribution in [0.25, 0.3) is 11.5 Å². The van der Waals surface area contributed by atoms with Gasteiger partial charge in [0.15, 0.2) is 0 Å². The van der Waals surface area contributed by atoms with Gasteiger partial charge in [0.1, 0.15) is 17.5 Å². The van der Waals surface area contributed by atoms with E-state index in [1.54, 1.807) is 18.2 Å². The van der Waals surface area contributed by atoms with Gasteiger partial charge in [-0.3, -0.25) is 10.1 Å². The van der Waals surface area contributed by atoms with E-state index in [2.05, 4.69) is 15.5 Å². The minimum atomic E-state index is -3.46. The van der Waals surface area contributed by atoms with E-state index >= 15 is 0 Å². The van der Waals surface area contributed by atoms with Gasteiger partial charge in [0, 0.05) is 12.6 Å². The topological polar surface area (TPSA) is 124 Å². The van der Waals surface area contributed by atoms with Crippen molar-refractivity contribution in [3.05, 3.63) is 18.2 Å². The third-order valence-corrected chi connectivity index (χ3v) is 5.52. The molecule has 10 nitrogen and oxygen atoms in total. The van der Waals surface area contributed by atoms with E-state index in [0.717, 1.165) is 6.26 Å². The van der Waals surface area contributed by atoms with Crippen molar-refractivity contribution in [2.24, 2.45) is 0 Å². The zero-order valence-electron chi connectivity index (χ0n) is 15.1. The number of methoxy groups -OCH3 is 2. The SMILES string of the molecule is COc1ccc(-c2nnc(NC(=O)[C@@H]3CCCN3S(C)(=O)=O)o2)c(OC)c1. The number of amides is 1. The molecule has 0 radical (unpaired) electrons. The molecule has 27 heavy (non-hydrogen) atoms. The van der Waals surface area contributed by atoms with Crippen LogP contribution in [0.4, 0.5) is 6.01 Å². The highest BCUT2D eigenvalue weighted by Crippen LogP contribution is 2.33. The smallest absolute Gasteiger partial charge is 0.322 e. The first-order valence-electron chi connectivity index (χ1n) is 8.17. The molecule has 0 bridgehead atoms. The van der Waals surface area contributed by atoms with Gasteiger partial charge in [0.05, 0.1) is 26.0 Å². The van der Waals surface area contributed by atoms with Crippen molar-refractivity contribution in [1.82, 2.24) is 14.5 Å². The predicted octanol–water partition coefficient (Wildman–Crippen LogP) is 1.12. The van der Waals surface area contributed by atoms with E-state index < -0.39 is 22.0 Å². The molecule has 1 saturated heterocycles. The fourth-order valence-corrected chi connectivity index (χ4v) is 4.07. The maximum absolute atomic E-state index is 12.4. The summed E-state index contributed by atoms with van der Waals surface area (Å²) in [5.74, 6) is 0.715. The van der Waals surface area contributed by atoms with Crippen molar-refractivity contribution in [2.45, 2.75) is 18.9 Å². The summed E-state index contributed by atoms with van der Waals surface area (Å²) >= 11 is 0. The van der Waals surface area contributed by atoms with Gasteiger partial charge in [-0.1, -0.05) is 5.10 Å². The van der Waals surface area contributed by atoms with Gasteiger partial charge in [-0.05, 0) is 25.0 Å². The molecule has 1 atom stereocenters. The summed E-state index contributed by atoms with van der Waals surface area (Å²) in [6.07, 6.45) is 2.13. The van der Waals surface area contributed by atoms with E-state index in [1.165, 1.54) is 18.5 Å². The highest BCUT2D eigenvalue weighted by atomic mass is 32.2. The van der Waals surface area contributed by atoms with Gasteiger partial charge in [0.2, 0.25) is 15.9 Å². The average Bonchev–Trinajstić information content (AvgIpc) is 3.30. The Kier molecular flexibility index (Phi) is 5.33. The van der Waals surface area contributed by atoms with Gasteiger partial charge < -0.3 is 13.9 Å². The number of benzene rings is 1. The van der Waals surface area contributed by atoms with Crippen LogP contribution in [0.5, 0.6) is 11.5 Å². The van der Waals surface area contributed by atoms with Crippen molar-refractivity contribution >= 4 is 21.9 Å². The first kappa shape index (κ1) is 19.1. The van der Waals surface area contributed by atoms with Crippen molar-refractivity contribution in [3.63, 3.8) is 0 Å². The summed E-state index contributed by atoms with van der Waals surface area (Å²) in [6.45, 7) is 0.315. The Morgan fingerprint density at radius 3 is 2.74 bits per heavy atom. The van der Waals surface area contributed by atoms with Crippen LogP contribution in [0.15, 0.2) is 22.6 Å². The second kappa shape index (κ2) is 7.53. The largest absolute Gasteiger partial charge is 0.497 e. The molecule has 1 fully saturated rings. The monoisotopic (exact) mass is 396 g/mol. The number of anilines is 1. The standard InChI is InChI=1S/C16H20N4O6S/c1-24-10-6-7-11(13(9-10)25-2)15-18-19-16(26-15)17-14(21)12-5-4-8-20(12)27(3,22)23/h6-7,9,12H,4-5,8H2,1-3H3,(H,17,19,21)/t12-/m0/s1. The number of rotatable bonds is 6. The second-order valence-electron chi connectivity index (χ2n) is 6.00. The Morgan fingerprint density at radius 2 is 2.07 bits per heavy atom. The number of sulfonamides is 1. The maximum Gasteiger partial charge on any atom is 0.322 e. The zero-order chi connectivity index (χ0) is 19.6. The Balaban J connectivity index is 1.78. The molecule has 1 aliphatic heterocycles. The average molecular weight is 396 g/mol. The molecule has 0 spiro atoms. The molecule has 3 rings (SSSR count). The predicted molar refractivity (Wildman–Crippen MR) is 96.0 cm³/mol. The summed E-state index contributed by atoms with van der Waals surface area (Å²) in [7, 11) is -0.428. The van der Waals surface area contributed by atoms with Gasteiger partial charge in [0.25, 0.3) is 5.89 Å². The van der Waals surface area contributed by atoms with Crippen LogP contribution in [0, 0.1) is 0 Å². The molecule has 0 saturated carbocycles. The van der Waals surface area contributed by atoms with Crippen LogP contribution in [-0.2, 0) is 14.8 Å². The number of carbonyl (C=O) groups is 1. The van der Waals surface area contributed by atoms with Gasteiger partial charge in [-0.25, -0.2) is 8.42 Å². The van der Waals surface area contributed by atoms with Crippen LogP contribution < -0.4 is 14.8 Å². The van der Waals surface area contributed by atoms with Crippen molar-refractivity contribution in [2.75, 3.05) is 32.3 Å². The molecule has 1 amide bonds. The number of nitrogens with zero attached hydrogens (tertiary/aromatic N) is 3. The van der Waals surface area contributed by atoms with Crippen LogP contribution in [0.3, 0.4) is 0 Å². The number of ether oxygens (including phenoxy) is 2. The minimum absolute atomic E-state index is 0.117. The summed E-state index contributed by atoms with van der Waals surface area (Å²) in [6, 6.07) is 4.17. The number of carbonyl (C=O) groups excluding carboxylic acids is 1. The Labute approximate surface area is 156 Å². The van der Waals surface area contributed by atoms with Crippen molar-refractivity contribution in [3.8, 4) is 23.0 Å². The lowest BCUT2D eigenvalue weighted by atomic mass is 10.2.